The second kappa shape index (κ2) is 6.63. The van der Waals surface area contributed by atoms with Crippen LogP contribution in [0.15, 0.2) is 30.5 Å². The number of hydrogen-bond acceptors (Lipinski definition) is 2. The van der Waals surface area contributed by atoms with Gasteiger partial charge in [0, 0.05) is 35.7 Å². The molecule has 0 saturated heterocycles. The molecule has 0 aliphatic heterocycles. The fraction of sp³-hybridized carbons (Fsp3) is 0.556. The van der Waals surface area contributed by atoms with E-state index < -0.39 is 0 Å². The molecule has 2 rings (SSSR count). The number of ether oxygens (including phenoxy) is 1. The third-order valence-electron chi connectivity index (χ3n) is 3.46. The van der Waals surface area contributed by atoms with Crippen molar-refractivity contribution >= 4 is 10.9 Å². The Hall–Kier alpha value is -1.32. The Kier molecular flexibility index (Phi) is 5.07. The van der Waals surface area contributed by atoms with Crippen molar-refractivity contribution in [2.24, 2.45) is 0 Å². The van der Waals surface area contributed by atoms with E-state index in [1.807, 2.05) is 0 Å². The van der Waals surface area contributed by atoms with Crippen molar-refractivity contribution < 1.29 is 4.74 Å². The van der Waals surface area contributed by atoms with Crippen LogP contribution in [0.3, 0.4) is 0 Å². The molecule has 3 heteroatoms. The molecule has 1 heterocycles. The van der Waals surface area contributed by atoms with Crippen molar-refractivity contribution in [3.63, 3.8) is 0 Å². The SMILES string of the molecule is CC(C)OCCn1cc(CNC(C)(C)C)c2ccccc21. The second-order valence-corrected chi connectivity index (χ2v) is 6.89. The van der Waals surface area contributed by atoms with Crippen LogP contribution in [0.5, 0.6) is 0 Å². The van der Waals surface area contributed by atoms with E-state index in [4.69, 9.17) is 4.74 Å². The van der Waals surface area contributed by atoms with Crippen LogP contribution in [0.4, 0.5) is 0 Å². The highest BCUT2D eigenvalue weighted by atomic mass is 16.5. The van der Waals surface area contributed by atoms with Crippen molar-refractivity contribution in [3.05, 3.63) is 36.0 Å². The molecule has 1 aromatic carbocycles. The molecule has 0 aliphatic rings. The van der Waals surface area contributed by atoms with Gasteiger partial charge in [-0.15, -0.1) is 0 Å². The summed E-state index contributed by atoms with van der Waals surface area (Å²) in [5.74, 6) is 0. The van der Waals surface area contributed by atoms with Gasteiger partial charge in [0.25, 0.3) is 0 Å². The molecule has 1 aromatic heterocycles. The lowest BCUT2D eigenvalue weighted by Gasteiger charge is -2.20. The van der Waals surface area contributed by atoms with Crippen LogP contribution in [0, 0.1) is 0 Å². The zero-order valence-corrected chi connectivity index (χ0v) is 13.9. The van der Waals surface area contributed by atoms with Crippen molar-refractivity contribution in [2.45, 2.75) is 59.4 Å². The zero-order chi connectivity index (χ0) is 15.5. The molecule has 0 atom stereocenters. The number of fused-ring (bicyclic) bond motifs is 1. The Balaban J connectivity index is 2.18. The molecule has 116 valence electrons. The standard InChI is InChI=1S/C18H28N2O/c1-14(2)21-11-10-20-13-15(12-19-18(3,4)5)16-8-6-7-9-17(16)20/h6-9,13-14,19H,10-12H2,1-5H3. The van der Waals surface area contributed by atoms with E-state index in [2.05, 4.69) is 75.0 Å². The molecule has 0 bridgehead atoms. The predicted octanol–water partition coefficient (Wildman–Crippen LogP) is 3.95. The van der Waals surface area contributed by atoms with E-state index in [-0.39, 0.29) is 11.6 Å². The lowest BCUT2D eigenvalue weighted by atomic mass is 10.1. The van der Waals surface area contributed by atoms with Gasteiger partial charge in [0.1, 0.15) is 0 Å². The molecule has 0 amide bonds. The highest BCUT2D eigenvalue weighted by Crippen LogP contribution is 2.22. The van der Waals surface area contributed by atoms with Gasteiger partial charge < -0.3 is 14.6 Å². The summed E-state index contributed by atoms with van der Waals surface area (Å²) in [5, 5.41) is 4.91. The van der Waals surface area contributed by atoms with Gasteiger partial charge in [0.15, 0.2) is 0 Å². The summed E-state index contributed by atoms with van der Waals surface area (Å²) in [6, 6.07) is 8.60. The van der Waals surface area contributed by atoms with Crippen LogP contribution in [0.1, 0.15) is 40.2 Å². The maximum absolute atomic E-state index is 5.68. The highest BCUT2D eigenvalue weighted by Gasteiger charge is 2.12. The molecule has 0 aliphatic carbocycles. The van der Waals surface area contributed by atoms with Crippen molar-refractivity contribution in [1.29, 1.82) is 0 Å². The summed E-state index contributed by atoms with van der Waals surface area (Å²) in [7, 11) is 0. The third kappa shape index (κ3) is 4.58. The largest absolute Gasteiger partial charge is 0.377 e. The molecule has 0 saturated carbocycles. The molecule has 0 unspecified atom stereocenters. The lowest BCUT2D eigenvalue weighted by Crippen LogP contribution is -2.34. The lowest BCUT2D eigenvalue weighted by molar-refractivity contribution is 0.0733. The zero-order valence-electron chi connectivity index (χ0n) is 13.9. The second-order valence-electron chi connectivity index (χ2n) is 6.89. The number of nitrogens with one attached hydrogen (secondary N) is 1. The predicted molar refractivity (Wildman–Crippen MR) is 89.6 cm³/mol. The van der Waals surface area contributed by atoms with Gasteiger partial charge in [0.05, 0.1) is 12.7 Å². The van der Waals surface area contributed by atoms with E-state index in [0.717, 1.165) is 19.7 Å². The number of aromatic nitrogens is 1. The van der Waals surface area contributed by atoms with Gasteiger partial charge >= 0.3 is 0 Å². The Bertz CT molecular complexity index is 578. The number of benzene rings is 1. The quantitative estimate of drug-likeness (QED) is 0.871. The summed E-state index contributed by atoms with van der Waals surface area (Å²) < 4.78 is 7.98. The van der Waals surface area contributed by atoms with Crippen LogP contribution in [0.2, 0.25) is 0 Å². The Labute approximate surface area is 128 Å². The van der Waals surface area contributed by atoms with Gasteiger partial charge in [-0.05, 0) is 46.2 Å². The van der Waals surface area contributed by atoms with Crippen molar-refractivity contribution in [2.75, 3.05) is 6.61 Å². The maximum atomic E-state index is 5.68. The molecular weight excluding hydrogens is 260 g/mol. The molecule has 2 aromatic rings. The molecular formula is C18H28N2O. The number of rotatable bonds is 6. The van der Waals surface area contributed by atoms with E-state index >= 15 is 0 Å². The van der Waals surface area contributed by atoms with Crippen molar-refractivity contribution in [1.82, 2.24) is 9.88 Å². The van der Waals surface area contributed by atoms with E-state index in [9.17, 15) is 0 Å². The Morgan fingerprint density at radius 3 is 2.57 bits per heavy atom. The summed E-state index contributed by atoms with van der Waals surface area (Å²) in [4.78, 5) is 0. The minimum absolute atomic E-state index is 0.129. The third-order valence-corrected chi connectivity index (χ3v) is 3.46. The molecule has 1 N–H and O–H groups in total. The molecule has 0 fully saturated rings. The van der Waals surface area contributed by atoms with Gasteiger partial charge in [-0.25, -0.2) is 0 Å². The number of para-hydroxylation sites is 1. The fourth-order valence-electron chi connectivity index (χ4n) is 2.40. The van der Waals surface area contributed by atoms with E-state index in [1.165, 1.54) is 16.5 Å². The minimum atomic E-state index is 0.129. The molecule has 0 radical (unpaired) electrons. The first-order valence-corrected chi connectivity index (χ1v) is 7.80. The van der Waals surface area contributed by atoms with Crippen molar-refractivity contribution in [3.8, 4) is 0 Å². The number of hydrogen-bond donors (Lipinski definition) is 1. The van der Waals surface area contributed by atoms with Gasteiger partial charge in [-0.2, -0.15) is 0 Å². The van der Waals surface area contributed by atoms with Crippen LogP contribution < -0.4 is 5.32 Å². The summed E-state index contributed by atoms with van der Waals surface area (Å²) >= 11 is 0. The smallest absolute Gasteiger partial charge is 0.0649 e. The first kappa shape index (κ1) is 16.1. The Morgan fingerprint density at radius 2 is 1.90 bits per heavy atom. The summed E-state index contributed by atoms with van der Waals surface area (Å²) in [5.41, 5.74) is 2.77. The average molecular weight is 288 g/mol. The average Bonchev–Trinajstić information content (AvgIpc) is 2.74. The van der Waals surface area contributed by atoms with E-state index in [1.54, 1.807) is 0 Å². The molecule has 3 nitrogen and oxygen atoms in total. The van der Waals surface area contributed by atoms with Crippen LogP contribution in [0.25, 0.3) is 10.9 Å². The van der Waals surface area contributed by atoms with Crippen LogP contribution in [-0.2, 0) is 17.8 Å². The topological polar surface area (TPSA) is 26.2 Å². The monoisotopic (exact) mass is 288 g/mol. The molecule has 21 heavy (non-hydrogen) atoms. The van der Waals surface area contributed by atoms with Gasteiger partial charge in [-0.1, -0.05) is 18.2 Å². The van der Waals surface area contributed by atoms with Crippen LogP contribution >= 0.6 is 0 Å². The summed E-state index contributed by atoms with van der Waals surface area (Å²) in [6.07, 6.45) is 2.54. The fourth-order valence-corrected chi connectivity index (χ4v) is 2.40. The summed E-state index contributed by atoms with van der Waals surface area (Å²) in [6.45, 7) is 13.3. The van der Waals surface area contributed by atoms with Crippen LogP contribution in [-0.4, -0.2) is 22.8 Å². The van der Waals surface area contributed by atoms with Gasteiger partial charge in [-0.3, -0.25) is 0 Å². The molecule has 0 spiro atoms. The van der Waals surface area contributed by atoms with E-state index in [0.29, 0.717) is 0 Å². The minimum Gasteiger partial charge on any atom is -0.377 e. The Morgan fingerprint density at radius 1 is 1.19 bits per heavy atom. The first-order chi connectivity index (χ1) is 9.87. The number of nitrogens with zero attached hydrogens (tertiary/aromatic N) is 1. The normalized spacial score (nSPS) is 12.5. The first-order valence-electron chi connectivity index (χ1n) is 7.80. The maximum Gasteiger partial charge on any atom is 0.0649 e. The highest BCUT2D eigenvalue weighted by molar-refractivity contribution is 5.83. The van der Waals surface area contributed by atoms with Gasteiger partial charge in [0.2, 0.25) is 0 Å².